The molecule has 0 aliphatic carbocycles. The standard InChI is InChI=1S/C15H24N2O2/c1-12-6-8-13(9-7-12)19-11-5-4-10-15(2,3)14(16)17-18/h6-9,18H,4-5,10-11H2,1-3H3,(H2,16,17). The number of unbranched alkanes of at least 4 members (excludes halogenated alkanes) is 1. The number of nitrogens with two attached hydrogens (primary N) is 1. The van der Waals surface area contributed by atoms with Gasteiger partial charge in [-0.1, -0.05) is 36.7 Å². The second-order valence-corrected chi connectivity index (χ2v) is 5.49. The number of benzene rings is 1. The summed E-state index contributed by atoms with van der Waals surface area (Å²) in [5.74, 6) is 1.19. The third-order valence-corrected chi connectivity index (χ3v) is 3.29. The molecule has 3 N–H and O–H groups in total. The van der Waals surface area contributed by atoms with Crippen molar-refractivity contribution < 1.29 is 9.94 Å². The van der Waals surface area contributed by atoms with Crippen LogP contribution in [-0.4, -0.2) is 17.6 Å². The number of hydrogen-bond donors (Lipinski definition) is 2. The van der Waals surface area contributed by atoms with Crippen molar-refractivity contribution in [3.05, 3.63) is 29.8 Å². The summed E-state index contributed by atoms with van der Waals surface area (Å²) in [7, 11) is 0. The minimum absolute atomic E-state index is 0.265. The molecule has 0 heterocycles. The lowest BCUT2D eigenvalue weighted by Crippen LogP contribution is -2.31. The van der Waals surface area contributed by atoms with Crippen LogP contribution in [0.2, 0.25) is 0 Å². The highest BCUT2D eigenvalue weighted by atomic mass is 16.5. The van der Waals surface area contributed by atoms with E-state index in [9.17, 15) is 0 Å². The van der Waals surface area contributed by atoms with E-state index in [1.54, 1.807) is 0 Å². The fourth-order valence-electron chi connectivity index (χ4n) is 1.76. The zero-order valence-electron chi connectivity index (χ0n) is 12.0. The molecule has 0 aliphatic rings. The fourth-order valence-corrected chi connectivity index (χ4v) is 1.76. The molecule has 0 saturated heterocycles. The minimum Gasteiger partial charge on any atom is -0.494 e. The Labute approximate surface area is 115 Å². The quantitative estimate of drug-likeness (QED) is 0.261. The van der Waals surface area contributed by atoms with Gasteiger partial charge in [-0.25, -0.2) is 0 Å². The van der Waals surface area contributed by atoms with Gasteiger partial charge in [0.05, 0.1) is 6.61 Å². The smallest absolute Gasteiger partial charge is 0.144 e. The third kappa shape index (κ3) is 5.20. The molecule has 0 amide bonds. The van der Waals surface area contributed by atoms with E-state index in [-0.39, 0.29) is 11.3 Å². The lowest BCUT2D eigenvalue weighted by molar-refractivity contribution is 0.288. The van der Waals surface area contributed by atoms with Gasteiger partial charge in [-0.05, 0) is 38.3 Å². The highest BCUT2D eigenvalue weighted by Gasteiger charge is 2.22. The fraction of sp³-hybridized carbons (Fsp3) is 0.533. The number of ether oxygens (including phenoxy) is 1. The Bertz CT molecular complexity index is 411. The van der Waals surface area contributed by atoms with E-state index in [0.29, 0.717) is 6.61 Å². The topological polar surface area (TPSA) is 67.8 Å². The second kappa shape index (κ2) is 7.02. The van der Waals surface area contributed by atoms with Gasteiger partial charge in [0, 0.05) is 5.41 Å². The molecule has 0 unspecified atom stereocenters. The lowest BCUT2D eigenvalue weighted by atomic mass is 9.86. The molecular weight excluding hydrogens is 240 g/mol. The zero-order valence-corrected chi connectivity index (χ0v) is 12.0. The van der Waals surface area contributed by atoms with Gasteiger partial charge < -0.3 is 15.7 Å². The summed E-state index contributed by atoms with van der Waals surface area (Å²) in [6.45, 7) is 6.69. The van der Waals surface area contributed by atoms with Gasteiger partial charge in [0.2, 0.25) is 0 Å². The summed E-state index contributed by atoms with van der Waals surface area (Å²) in [5.41, 5.74) is 6.60. The molecule has 0 spiro atoms. The van der Waals surface area contributed by atoms with E-state index in [4.69, 9.17) is 15.7 Å². The Morgan fingerprint density at radius 3 is 2.47 bits per heavy atom. The average Bonchev–Trinajstić information content (AvgIpc) is 2.39. The SMILES string of the molecule is Cc1ccc(OCCCCC(C)(C)/C(N)=N/O)cc1. The molecule has 0 saturated carbocycles. The molecule has 0 atom stereocenters. The Morgan fingerprint density at radius 1 is 1.26 bits per heavy atom. The highest BCUT2D eigenvalue weighted by Crippen LogP contribution is 2.23. The van der Waals surface area contributed by atoms with E-state index in [1.165, 1.54) is 5.56 Å². The van der Waals surface area contributed by atoms with Crippen molar-refractivity contribution in [2.45, 2.75) is 40.0 Å². The van der Waals surface area contributed by atoms with E-state index in [2.05, 4.69) is 12.1 Å². The van der Waals surface area contributed by atoms with Crippen LogP contribution in [0.5, 0.6) is 5.75 Å². The first-order valence-corrected chi connectivity index (χ1v) is 6.63. The molecule has 0 aromatic heterocycles. The molecule has 0 aliphatic heterocycles. The van der Waals surface area contributed by atoms with Crippen molar-refractivity contribution in [1.29, 1.82) is 0 Å². The van der Waals surface area contributed by atoms with Crippen LogP contribution in [0.15, 0.2) is 29.4 Å². The first-order chi connectivity index (χ1) is 8.95. The van der Waals surface area contributed by atoms with Crippen LogP contribution < -0.4 is 10.5 Å². The molecular formula is C15H24N2O2. The number of oxime groups is 1. The van der Waals surface area contributed by atoms with Crippen molar-refractivity contribution in [3.63, 3.8) is 0 Å². The third-order valence-electron chi connectivity index (χ3n) is 3.29. The van der Waals surface area contributed by atoms with Crippen molar-refractivity contribution in [2.24, 2.45) is 16.3 Å². The van der Waals surface area contributed by atoms with Crippen LogP contribution in [0, 0.1) is 12.3 Å². The number of nitrogens with zero attached hydrogens (tertiary/aromatic N) is 1. The summed E-state index contributed by atoms with van der Waals surface area (Å²) >= 11 is 0. The minimum atomic E-state index is -0.265. The Kier molecular flexibility index (Phi) is 5.67. The van der Waals surface area contributed by atoms with Gasteiger partial charge in [-0.15, -0.1) is 0 Å². The van der Waals surface area contributed by atoms with E-state index in [0.717, 1.165) is 25.0 Å². The monoisotopic (exact) mass is 264 g/mol. The maximum absolute atomic E-state index is 8.68. The van der Waals surface area contributed by atoms with Crippen molar-refractivity contribution in [1.82, 2.24) is 0 Å². The molecule has 0 bridgehead atoms. The molecule has 0 fully saturated rings. The van der Waals surface area contributed by atoms with Gasteiger partial charge in [-0.2, -0.15) is 0 Å². The lowest BCUT2D eigenvalue weighted by Gasteiger charge is -2.22. The van der Waals surface area contributed by atoms with E-state index >= 15 is 0 Å². The predicted octanol–water partition coefficient (Wildman–Crippen LogP) is 3.32. The first kappa shape index (κ1) is 15.3. The normalized spacial score (nSPS) is 12.5. The molecule has 19 heavy (non-hydrogen) atoms. The van der Waals surface area contributed by atoms with Gasteiger partial charge >= 0.3 is 0 Å². The Hall–Kier alpha value is -1.71. The highest BCUT2D eigenvalue weighted by molar-refractivity contribution is 5.85. The van der Waals surface area contributed by atoms with Gasteiger partial charge in [-0.3, -0.25) is 0 Å². The number of hydrogen-bond acceptors (Lipinski definition) is 3. The molecule has 1 rings (SSSR count). The molecule has 1 aromatic rings. The number of rotatable bonds is 7. The summed E-state index contributed by atoms with van der Waals surface area (Å²) in [4.78, 5) is 0. The summed E-state index contributed by atoms with van der Waals surface area (Å²) in [6.07, 6.45) is 2.81. The largest absolute Gasteiger partial charge is 0.494 e. The van der Waals surface area contributed by atoms with E-state index in [1.807, 2.05) is 38.1 Å². The molecule has 1 aromatic carbocycles. The number of amidine groups is 1. The predicted molar refractivity (Wildman–Crippen MR) is 77.7 cm³/mol. The maximum Gasteiger partial charge on any atom is 0.144 e. The zero-order chi connectivity index (χ0) is 14.3. The van der Waals surface area contributed by atoms with Crippen LogP contribution in [-0.2, 0) is 0 Å². The van der Waals surface area contributed by atoms with Gasteiger partial charge in [0.25, 0.3) is 0 Å². The Morgan fingerprint density at radius 2 is 1.89 bits per heavy atom. The number of aryl methyl sites for hydroxylation is 1. The van der Waals surface area contributed by atoms with Crippen LogP contribution >= 0.6 is 0 Å². The van der Waals surface area contributed by atoms with Crippen LogP contribution in [0.4, 0.5) is 0 Å². The second-order valence-electron chi connectivity index (χ2n) is 5.49. The molecule has 4 heteroatoms. The molecule has 0 radical (unpaired) electrons. The summed E-state index contributed by atoms with van der Waals surface area (Å²) in [6, 6.07) is 8.04. The van der Waals surface area contributed by atoms with Crippen molar-refractivity contribution in [3.8, 4) is 5.75 Å². The van der Waals surface area contributed by atoms with Gasteiger partial charge in [0.15, 0.2) is 0 Å². The van der Waals surface area contributed by atoms with Crippen LogP contribution in [0.3, 0.4) is 0 Å². The Balaban J connectivity index is 2.23. The van der Waals surface area contributed by atoms with Crippen molar-refractivity contribution >= 4 is 5.84 Å². The summed E-state index contributed by atoms with van der Waals surface area (Å²) in [5, 5.41) is 11.8. The van der Waals surface area contributed by atoms with Crippen LogP contribution in [0.1, 0.15) is 38.7 Å². The van der Waals surface area contributed by atoms with Crippen molar-refractivity contribution in [2.75, 3.05) is 6.61 Å². The average molecular weight is 264 g/mol. The first-order valence-electron chi connectivity index (χ1n) is 6.63. The van der Waals surface area contributed by atoms with Crippen LogP contribution in [0.25, 0.3) is 0 Å². The molecule has 4 nitrogen and oxygen atoms in total. The maximum atomic E-state index is 8.68. The molecule has 106 valence electrons. The van der Waals surface area contributed by atoms with Gasteiger partial charge in [0.1, 0.15) is 11.6 Å². The summed E-state index contributed by atoms with van der Waals surface area (Å²) < 4.78 is 5.65. The van der Waals surface area contributed by atoms with E-state index < -0.39 is 0 Å².